The zero-order valence-corrected chi connectivity index (χ0v) is 24.7. The van der Waals surface area contributed by atoms with E-state index in [4.69, 9.17) is 9.47 Å². The van der Waals surface area contributed by atoms with Crippen LogP contribution in [0.2, 0.25) is 0 Å². The lowest BCUT2D eigenvalue weighted by atomic mass is 9.64. The molecule has 2 aliphatic carbocycles. The molecule has 0 aliphatic heterocycles. The molecule has 6 nitrogen and oxygen atoms in total. The first kappa shape index (κ1) is 31.6. The molecule has 4 atom stereocenters. The van der Waals surface area contributed by atoms with Crippen molar-refractivity contribution >= 4 is 11.9 Å². The van der Waals surface area contributed by atoms with Crippen molar-refractivity contribution < 1.29 is 24.2 Å². The third-order valence-electron chi connectivity index (χ3n) is 8.67. The standard InChI is InChI=1S/C31H53NO5/c1-20(28(29(35)37-31(6,7)8)21(2)23-13-16-26(33)17-14-23)22-9-11-24(12-10-22)25(19-32)15-18-27(34)36-30(3,4)5/h20-26,28,33H,9-18H2,1-8H3. The first-order valence-corrected chi connectivity index (χ1v) is 14.6. The molecule has 2 rings (SSSR count). The number of hydrogen-bond donors (Lipinski definition) is 1. The lowest BCUT2D eigenvalue weighted by molar-refractivity contribution is -0.166. The highest BCUT2D eigenvalue weighted by Gasteiger charge is 2.42. The molecule has 2 fully saturated rings. The Morgan fingerprint density at radius 1 is 0.811 bits per heavy atom. The van der Waals surface area contributed by atoms with Gasteiger partial charge in [0.15, 0.2) is 0 Å². The van der Waals surface area contributed by atoms with Gasteiger partial charge in [-0.3, -0.25) is 9.59 Å². The zero-order chi connectivity index (χ0) is 28.0. The molecule has 0 aromatic heterocycles. The van der Waals surface area contributed by atoms with E-state index in [0.717, 1.165) is 51.4 Å². The number of rotatable bonds is 9. The summed E-state index contributed by atoms with van der Waals surface area (Å²) in [6.07, 6.45) is 8.05. The van der Waals surface area contributed by atoms with Gasteiger partial charge in [-0.1, -0.05) is 13.8 Å². The fraction of sp³-hybridized carbons (Fsp3) is 0.903. The van der Waals surface area contributed by atoms with E-state index < -0.39 is 11.2 Å². The van der Waals surface area contributed by atoms with Gasteiger partial charge in [0.25, 0.3) is 0 Å². The topological polar surface area (TPSA) is 96.6 Å². The predicted molar refractivity (Wildman–Crippen MR) is 145 cm³/mol. The first-order chi connectivity index (χ1) is 17.1. The van der Waals surface area contributed by atoms with Crippen molar-refractivity contribution in [1.29, 1.82) is 5.26 Å². The maximum Gasteiger partial charge on any atom is 0.310 e. The Morgan fingerprint density at radius 3 is 1.68 bits per heavy atom. The number of carbonyl (C=O) groups is 2. The molecule has 0 saturated heterocycles. The van der Waals surface area contributed by atoms with Crippen LogP contribution in [-0.4, -0.2) is 34.4 Å². The van der Waals surface area contributed by atoms with Gasteiger partial charge in [-0.15, -0.1) is 0 Å². The monoisotopic (exact) mass is 519 g/mol. The average Bonchev–Trinajstić information content (AvgIpc) is 2.78. The minimum Gasteiger partial charge on any atom is -0.460 e. The van der Waals surface area contributed by atoms with Crippen LogP contribution in [0.15, 0.2) is 0 Å². The van der Waals surface area contributed by atoms with Gasteiger partial charge in [-0.05, 0) is 129 Å². The molecule has 0 amide bonds. The van der Waals surface area contributed by atoms with E-state index in [1.54, 1.807) is 0 Å². The molecule has 0 spiro atoms. The molecule has 6 heteroatoms. The van der Waals surface area contributed by atoms with E-state index in [1.807, 2.05) is 41.5 Å². The van der Waals surface area contributed by atoms with Gasteiger partial charge in [-0.25, -0.2) is 0 Å². The van der Waals surface area contributed by atoms with Gasteiger partial charge in [0.1, 0.15) is 11.2 Å². The molecule has 0 heterocycles. The lowest BCUT2D eigenvalue weighted by Crippen LogP contribution is -2.41. The van der Waals surface area contributed by atoms with Crippen LogP contribution in [0.25, 0.3) is 0 Å². The Morgan fingerprint density at radius 2 is 1.24 bits per heavy atom. The Balaban J connectivity index is 2.02. The van der Waals surface area contributed by atoms with Crippen molar-refractivity contribution in [2.45, 2.75) is 137 Å². The van der Waals surface area contributed by atoms with Crippen LogP contribution >= 0.6 is 0 Å². The number of esters is 2. The molecule has 0 radical (unpaired) electrons. The molecular weight excluding hydrogens is 466 g/mol. The quantitative estimate of drug-likeness (QED) is 0.335. The largest absolute Gasteiger partial charge is 0.460 e. The van der Waals surface area contributed by atoms with Gasteiger partial charge in [0.05, 0.1) is 18.1 Å². The van der Waals surface area contributed by atoms with E-state index in [9.17, 15) is 20.0 Å². The van der Waals surface area contributed by atoms with Crippen LogP contribution in [0.3, 0.4) is 0 Å². The van der Waals surface area contributed by atoms with Crippen molar-refractivity contribution in [3.63, 3.8) is 0 Å². The van der Waals surface area contributed by atoms with Crippen molar-refractivity contribution in [1.82, 2.24) is 0 Å². The minimum atomic E-state index is -0.524. The maximum absolute atomic E-state index is 13.5. The summed E-state index contributed by atoms with van der Waals surface area (Å²) in [5.41, 5.74) is -1.03. The van der Waals surface area contributed by atoms with Crippen molar-refractivity contribution in [2.75, 3.05) is 0 Å². The third kappa shape index (κ3) is 10.2. The fourth-order valence-corrected chi connectivity index (χ4v) is 6.64. The lowest BCUT2D eigenvalue weighted by Gasteiger charge is -2.42. The number of ether oxygens (including phenoxy) is 2. The van der Waals surface area contributed by atoms with Crippen LogP contribution in [0.4, 0.5) is 0 Å². The van der Waals surface area contributed by atoms with Crippen LogP contribution in [0.1, 0.15) is 120 Å². The van der Waals surface area contributed by atoms with E-state index in [-0.39, 0.29) is 54.1 Å². The summed E-state index contributed by atoms with van der Waals surface area (Å²) in [6.45, 7) is 15.8. The smallest absolute Gasteiger partial charge is 0.310 e. The molecule has 2 aliphatic rings. The summed E-state index contributed by atoms with van der Waals surface area (Å²) in [5.74, 6) is 0.889. The van der Waals surface area contributed by atoms with E-state index in [2.05, 4.69) is 19.9 Å². The molecule has 212 valence electrons. The Hall–Kier alpha value is -1.61. The van der Waals surface area contributed by atoms with Gasteiger partial charge in [-0.2, -0.15) is 5.26 Å². The highest BCUT2D eigenvalue weighted by Crippen LogP contribution is 2.45. The van der Waals surface area contributed by atoms with E-state index in [0.29, 0.717) is 18.3 Å². The van der Waals surface area contributed by atoms with Crippen molar-refractivity contribution in [2.24, 2.45) is 41.4 Å². The summed E-state index contributed by atoms with van der Waals surface area (Å²) in [7, 11) is 0. The van der Waals surface area contributed by atoms with Crippen LogP contribution in [0.5, 0.6) is 0 Å². The second kappa shape index (κ2) is 13.5. The first-order valence-electron chi connectivity index (χ1n) is 14.6. The molecule has 0 bridgehead atoms. The summed E-state index contributed by atoms with van der Waals surface area (Å²) in [5, 5.41) is 19.8. The van der Waals surface area contributed by atoms with Crippen LogP contribution < -0.4 is 0 Å². The molecule has 2 saturated carbocycles. The predicted octanol–water partition coefficient (Wildman–Crippen LogP) is 6.84. The van der Waals surface area contributed by atoms with E-state index in [1.165, 1.54) is 0 Å². The van der Waals surface area contributed by atoms with Gasteiger partial charge < -0.3 is 14.6 Å². The molecule has 37 heavy (non-hydrogen) atoms. The summed E-state index contributed by atoms with van der Waals surface area (Å²) in [6, 6.07) is 2.46. The fourth-order valence-electron chi connectivity index (χ4n) is 6.64. The third-order valence-corrected chi connectivity index (χ3v) is 8.67. The van der Waals surface area contributed by atoms with Crippen LogP contribution in [-0.2, 0) is 19.1 Å². The number of aliphatic hydroxyl groups is 1. The molecule has 4 unspecified atom stereocenters. The Labute approximate surface area is 225 Å². The van der Waals surface area contributed by atoms with Crippen LogP contribution in [0, 0.1) is 52.8 Å². The molecular formula is C31H53NO5. The van der Waals surface area contributed by atoms with Crippen molar-refractivity contribution in [3.05, 3.63) is 0 Å². The number of nitrogens with zero attached hydrogens (tertiary/aromatic N) is 1. The Kier molecular flexibility index (Phi) is 11.5. The number of carbonyl (C=O) groups excluding carboxylic acids is 2. The molecule has 0 aromatic carbocycles. The Bertz CT molecular complexity index is 773. The summed E-state index contributed by atoms with van der Waals surface area (Å²) < 4.78 is 11.4. The number of nitriles is 1. The molecule has 1 N–H and O–H groups in total. The number of hydrogen-bond acceptors (Lipinski definition) is 6. The normalized spacial score (nSPS) is 28.3. The maximum atomic E-state index is 13.5. The van der Waals surface area contributed by atoms with Gasteiger partial charge in [0.2, 0.25) is 0 Å². The zero-order valence-electron chi connectivity index (χ0n) is 24.7. The second-order valence-electron chi connectivity index (χ2n) is 13.9. The minimum absolute atomic E-state index is 0.0898. The number of aliphatic hydroxyl groups excluding tert-OH is 1. The highest BCUT2D eigenvalue weighted by molar-refractivity contribution is 5.73. The molecule has 0 aromatic rings. The SMILES string of the molecule is CC(C1CCC(O)CC1)C(C(=O)OC(C)(C)C)C(C)C1CCC(C(C#N)CCC(=O)OC(C)(C)C)CC1. The van der Waals surface area contributed by atoms with Gasteiger partial charge in [0, 0.05) is 12.3 Å². The van der Waals surface area contributed by atoms with Gasteiger partial charge >= 0.3 is 11.9 Å². The second-order valence-corrected chi connectivity index (χ2v) is 13.9. The summed E-state index contributed by atoms with van der Waals surface area (Å²) in [4.78, 5) is 25.7. The van der Waals surface area contributed by atoms with Crippen molar-refractivity contribution in [3.8, 4) is 6.07 Å². The van der Waals surface area contributed by atoms with E-state index >= 15 is 0 Å². The summed E-state index contributed by atoms with van der Waals surface area (Å²) >= 11 is 0. The highest BCUT2D eigenvalue weighted by atomic mass is 16.6. The average molecular weight is 520 g/mol.